The molecule has 0 heterocycles. The average molecular weight is 250 g/mol. The highest BCUT2D eigenvalue weighted by atomic mass is 19.2. The maximum Gasteiger partial charge on any atom is 0.339 e. The molecule has 2 rings (SSSR count). The van der Waals surface area contributed by atoms with Crippen molar-refractivity contribution in [2.75, 3.05) is 0 Å². The minimum atomic E-state index is -1.39. The molecule has 0 bridgehead atoms. The Morgan fingerprint density at radius 1 is 1.06 bits per heavy atom. The van der Waals surface area contributed by atoms with Crippen molar-refractivity contribution in [2.24, 2.45) is 0 Å². The maximum atomic E-state index is 13.5. The molecule has 18 heavy (non-hydrogen) atoms. The summed E-state index contributed by atoms with van der Waals surface area (Å²) in [5, 5.41) is 8.89. The van der Waals surface area contributed by atoms with Gasteiger partial charge in [-0.3, -0.25) is 0 Å². The Hall–Kier alpha value is -2.43. The van der Waals surface area contributed by atoms with Gasteiger partial charge in [-0.1, -0.05) is 18.2 Å². The first-order valence-corrected chi connectivity index (χ1v) is 5.04. The van der Waals surface area contributed by atoms with Gasteiger partial charge in [0.2, 0.25) is 5.82 Å². The van der Waals surface area contributed by atoms with Gasteiger partial charge in [-0.2, -0.15) is 4.39 Å². The largest absolute Gasteiger partial charge is 0.478 e. The van der Waals surface area contributed by atoms with Gasteiger partial charge in [0, 0.05) is 0 Å². The van der Waals surface area contributed by atoms with Gasteiger partial charge in [0.1, 0.15) is 11.3 Å². The Morgan fingerprint density at radius 3 is 2.33 bits per heavy atom. The molecule has 0 aliphatic carbocycles. The summed E-state index contributed by atoms with van der Waals surface area (Å²) in [6.45, 7) is 0. The summed E-state index contributed by atoms with van der Waals surface area (Å²) in [5.74, 6) is -4.28. The van der Waals surface area contributed by atoms with Gasteiger partial charge in [-0.25, -0.2) is 9.18 Å². The van der Waals surface area contributed by atoms with Crippen molar-refractivity contribution in [3.8, 4) is 11.5 Å². The third-order valence-corrected chi connectivity index (χ3v) is 2.24. The Kier molecular flexibility index (Phi) is 3.23. The Bertz CT molecular complexity index is 582. The molecular formula is C13H8F2O3. The number of ether oxygens (including phenoxy) is 1. The van der Waals surface area contributed by atoms with Crippen LogP contribution in [0.25, 0.3) is 0 Å². The van der Waals surface area contributed by atoms with Crippen molar-refractivity contribution in [2.45, 2.75) is 0 Å². The molecule has 0 aliphatic heterocycles. The minimum absolute atomic E-state index is 0.226. The summed E-state index contributed by atoms with van der Waals surface area (Å²) >= 11 is 0. The highest BCUT2D eigenvalue weighted by Gasteiger charge is 2.20. The van der Waals surface area contributed by atoms with Gasteiger partial charge in [0.15, 0.2) is 11.6 Å². The van der Waals surface area contributed by atoms with Crippen LogP contribution in [0, 0.1) is 11.6 Å². The number of benzene rings is 2. The Labute approximate surface area is 101 Å². The van der Waals surface area contributed by atoms with Crippen molar-refractivity contribution in [1.82, 2.24) is 0 Å². The second-order valence-electron chi connectivity index (χ2n) is 3.46. The first-order chi connectivity index (χ1) is 8.59. The molecule has 5 heteroatoms. The third-order valence-electron chi connectivity index (χ3n) is 2.24. The summed E-state index contributed by atoms with van der Waals surface area (Å²) < 4.78 is 31.7. The third kappa shape index (κ3) is 2.29. The van der Waals surface area contributed by atoms with E-state index in [0.29, 0.717) is 0 Å². The first kappa shape index (κ1) is 12.0. The fourth-order valence-electron chi connectivity index (χ4n) is 1.41. The summed E-state index contributed by atoms with van der Waals surface area (Å²) in [6, 6.07) is 9.70. The molecule has 0 aromatic heterocycles. The van der Waals surface area contributed by atoms with Gasteiger partial charge < -0.3 is 9.84 Å². The lowest BCUT2D eigenvalue weighted by molar-refractivity contribution is 0.0693. The van der Waals surface area contributed by atoms with Crippen LogP contribution < -0.4 is 4.74 Å². The molecule has 0 aliphatic rings. The van der Waals surface area contributed by atoms with Crippen LogP contribution in [-0.2, 0) is 0 Å². The lowest BCUT2D eigenvalue weighted by atomic mass is 10.2. The molecule has 2 aromatic carbocycles. The molecule has 0 radical (unpaired) electrons. The minimum Gasteiger partial charge on any atom is -0.478 e. The number of hydrogen-bond acceptors (Lipinski definition) is 2. The maximum absolute atomic E-state index is 13.5. The molecule has 0 unspecified atom stereocenters. The molecule has 0 fully saturated rings. The molecule has 0 amide bonds. The van der Waals surface area contributed by atoms with Crippen LogP contribution in [0.3, 0.4) is 0 Å². The van der Waals surface area contributed by atoms with E-state index in [4.69, 9.17) is 9.84 Å². The second-order valence-corrected chi connectivity index (χ2v) is 3.46. The van der Waals surface area contributed by atoms with Crippen molar-refractivity contribution in [3.63, 3.8) is 0 Å². The van der Waals surface area contributed by atoms with Gasteiger partial charge in [0.25, 0.3) is 0 Å². The van der Waals surface area contributed by atoms with Crippen LogP contribution >= 0.6 is 0 Å². The van der Waals surface area contributed by atoms with Gasteiger partial charge in [0.05, 0.1) is 0 Å². The van der Waals surface area contributed by atoms with E-state index >= 15 is 0 Å². The molecule has 0 atom stereocenters. The zero-order chi connectivity index (χ0) is 13.1. The average Bonchev–Trinajstić information content (AvgIpc) is 2.36. The number of rotatable bonds is 3. The number of aromatic carboxylic acids is 1. The molecule has 0 spiro atoms. The van der Waals surface area contributed by atoms with Gasteiger partial charge in [-0.15, -0.1) is 0 Å². The van der Waals surface area contributed by atoms with Crippen LogP contribution in [0.15, 0.2) is 42.5 Å². The van der Waals surface area contributed by atoms with Crippen molar-refractivity contribution >= 4 is 5.97 Å². The lowest BCUT2D eigenvalue weighted by Crippen LogP contribution is -2.03. The number of hydrogen-bond donors (Lipinski definition) is 1. The normalized spacial score (nSPS) is 10.1. The summed E-state index contributed by atoms with van der Waals surface area (Å²) in [5.41, 5.74) is -0.433. The predicted molar refractivity (Wildman–Crippen MR) is 59.8 cm³/mol. The molecule has 3 nitrogen and oxygen atoms in total. The van der Waals surface area contributed by atoms with E-state index in [1.165, 1.54) is 12.1 Å². The standard InChI is InChI=1S/C13H8F2O3/c14-10-7-6-9(13(16)17)12(11(10)15)18-8-4-2-1-3-5-8/h1-7H,(H,16,17). The number of para-hydroxylation sites is 1. The van der Waals surface area contributed by atoms with Gasteiger partial charge in [-0.05, 0) is 24.3 Å². The monoisotopic (exact) mass is 250 g/mol. The first-order valence-electron chi connectivity index (χ1n) is 5.04. The quantitative estimate of drug-likeness (QED) is 0.907. The predicted octanol–water partition coefficient (Wildman–Crippen LogP) is 3.46. The van der Waals surface area contributed by atoms with E-state index in [0.717, 1.165) is 12.1 Å². The highest BCUT2D eigenvalue weighted by molar-refractivity contribution is 5.91. The zero-order valence-corrected chi connectivity index (χ0v) is 9.06. The fraction of sp³-hybridized carbons (Fsp3) is 0. The highest BCUT2D eigenvalue weighted by Crippen LogP contribution is 2.29. The van der Waals surface area contributed by atoms with E-state index in [-0.39, 0.29) is 5.75 Å². The molecule has 2 aromatic rings. The lowest BCUT2D eigenvalue weighted by Gasteiger charge is -2.09. The summed E-state index contributed by atoms with van der Waals surface area (Å²) in [6.07, 6.45) is 0. The van der Waals surface area contributed by atoms with Crippen LogP contribution in [-0.4, -0.2) is 11.1 Å². The number of carbonyl (C=O) groups is 1. The van der Waals surface area contributed by atoms with E-state index in [1.807, 2.05) is 0 Å². The Morgan fingerprint density at radius 2 is 1.72 bits per heavy atom. The van der Waals surface area contributed by atoms with Gasteiger partial charge >= 0.3 is 5.97 Å². The van der Waals surface area contributed by atoms with Crippen LogP contribution in [0.1, 0.15) is 10.4 Å². The number of halogens is 2. The van der Waals surface area contributed by atoms with Crippen molar-refractivity contribution in [1.29, 1.82) is 0 Å². The summed E-state index contributed by atoms with van der Waals surface area (Å²) in [7, 11) is 0. The van der Waals surface area contributed by atoms with Crippen LogP contribution in [0.4, 0.5) is 8.78 Å². The molecular weight excluding hydrogens is 242 g/mol. The van der Waals surface area contributed by atoms with E-state index in [1.54, 1.807) is 18.2 Å². The SMILES string of the molecule is O=C(O)c1ccc(F)c(F)c1Oc1ccccc1. The van der Waals surface area contributed by atoms with E-state index in [2.05, 4.69) is 0 Å². The number of carboxylic acid groups (broad SMARTS) is 1. The van der Waals surface area contributed by atoms with E-state index in [9.17, 15) is 13.6 Å². The van der Waals surface area contributed by atoms with Crippen LogP contribution in [0.5, 0.6) is 11.5 Å². The van der Waals surface area contributed by atoms with Crippen molar-refractivity contribution in [3.05, 3.63) is 59.7 Å². The smallest absolute Gasteiger partial charge is 0.339 e. The zero-order valence-electron chi connectivity index (χ0n) is 9.06. The molecule has 92 valence electrons. The van der Waals surface area contributed by atoms with E-state index < -0.39 is 28.9 Å². The topological polar surface area (TPSA) is 46.5 Å². The molecule has 0 saturated carbocycles. The molecule has 1 N–H and O–H groups in total. The second kappa shape index (κ2) is 4.83. The Balaban J connectivity index is 2.48. The number of carboxylic acids is 1. The summed E-state index contributed by atoms with van der Waals surface area (Å²) in [4.78, 5) is 10.9. The molecule has 0 saturated heterocycles. The van der Waals surface area contributed by atoms with Crippen molar-refractivity contribution < 1.29 is 23.4 Å². The van der Waals surface area contributed by atoms with Crippen LogP contribution in [0.2, 0.25) is 0 Å². The fourth-order valence-corrected chi connectivity index (χ4v) is 1.41.